The normalized spacial score (nSPS) is 11.4. The van der Waals surface area contributed by atoms with Crippen LogP contribution in [0.4, 0.5) is 0 Å². The minimum Gasteiger partial charge on any atom is -0.311 e. The summed E-state index contributed by atoms with van der Waals surface area (Å²) in [6.07, 6.45) is 7.05. The summed E-state index contributed by atoms with van der Waals surface area (Å²) >= 11 is 0. The van der Waals surface area contributed by atoms with Gasteiger partial charge in [-0.1, -0.05) is 0 Å². The average molecular weight is 283 g/mol. The molecular weight excluding hydrogens is 266 g/mol. The van der Waals surface area contributed by atoms with E-state index in [1.54, 1.807) is 27.7 Å². The Labute approximate surface area is 122 Å². The Morgan fingerprint density at radius 1 is 1.29 bits per heavy atom. The highest BCUT2D eigenvalue weighted by molar-refractivity contribution is 5.64. The number of nitrogens with zero attached hydrogens (tertiary/aromatic N) is 5. The zero-order valence-corrected chi connectivity index (χ0v) is 12.1. The molecule has 0 atom stereocenters. The van der Waals surface area contributed by atoms with Crippen LogP contribution in [-0.2, 0) is 6.54 Å². The van der Waals surface area contributed by atoms with Gasteiger partial charge in [0.05, 0.1) is 5.69 Å². The van der Waals surface area contributed by atoms with Gasteiger partial charge in [0.15, 0.2) is 0 Å². The van der Waals surface area contributed by atoms with Gasteiger partial charge in [0, 0.05) is 43.4 Å². The summed E-state index contributed by atoms with van der Waals surface area (Å²) in [6, 6.07) is 5.60. The van der Waals surface area contributed by atoms with Crippen molar-refractivity contribution in [3.63, 3.8) is 0 Å². The van der Waals surface area contributed by atoms with Crippen molar-refractivity contribution in [1.29, 1.82) is 0 Å². The van der Waals surface area contributed by atoms with E-state index < -0.39 is 0 Å². The Hall–Kier alpha value is -2.47. The molecule has 3 rings (SSSR count). The molecule has 0 unspecified atom stereocenters. The smallest absolute Gasteiger partial charge is 0.276 e. The third kappa shape index (κ3) is 2.71. The molecule has 0 radical (unpaired) electrons. The molecule has 0 bridgehead atoms. The summed E-state index contributed by atoms with van der Waals surface area (Å²) in [6.45, 7) is 1.48. The SMILES string of the molecule is CN(C)CCn1ccn2nc(-c3cccnc3)cc2c1=O. The third-order valence-corrected chi connectivity index (χ3v) is 3.35. The number of hydrogen-bond acceptors (Lipinski definition) is 4. The second-order valence-corrected chi connectivity index (χ2v) is 5.20. The van der Waals surface area contributed by atoms with E-state index in [2.05, 4.69) is 10.1 Å². The van der Waals surface area contributed by atoms with Crippen molar-refractivity contribution >= 4 is 5.52 Å². The second-order valence-electron chi connectivity index (χ2n) is 5.20. The van der Waals surface area contributed by atoms with Crippen LogP contribution in [0.2, 0.25) is 0 Å². The molecule has 0 aliphatic heterocycles. The van der Waals surface area contributed by atoms with E-state index in [1.165, 1.54) is 0 Å². The molecular formula is C15H17N5O. The van der Waals surface area contributed by atoms with Crippen LogP contribution >= 0.6 is 0 Å². The van der Waals surface area contributed by atoms with Crippen molar-refractivity contribution < 1.29 is 0 Å². The first kappa shape index (κ1) is 13.5. The van der Waals surface area contributed by atoms with Crippen molar-refractivity contribution in [1.82, 2.24) is 24.1 Å². The molecule has 0 saturated carbocycles. The lowest BCUT2D eigenvalue weighted by Gasteiger charge is -2.10. The molecule has 6 heteroatoms. The Balaban J connectivity index is 2.02. The summed E-state index contributed by atoms with van der Waals surface area (Å²) in [7, 11) is 3.98. The van der Waals surface area contributed by atoms with E-state index in [-0.39, 0.29) is 5.56 Å². The van der Waals surface area contributed by atoms with Crippen molar-refractivity contribution in [2.75, 3.05) is 20.6 Å². The quantitative estimate of drug-likeness (QED) is 0.720. The molecule has 0 aliphatic carbocycles. The molecule has 3 aromatic rings. The topological polar surface area (TPSA) is 55.4 Å². The second kappa shape index (κ2) is 5.49. The van der Waals surface area contributed by atoms with Gasteiger partial charge in [-0.2, -0.15) is 5.10 Å². The molecule has 0 spiro atoms. The van der Waals surface area contributed by atoms with E-state index >= 15 is 0 Å². The zero-order chi connectivity index (χ0) is 14.8. The highest BCUT2D eigenvalue weighted by atomic mass is 16.1. The molecule has 0 aliphatic rings. The predicted octanol–water partition coefficient (Wildman–Crippen LogP) is 1.12. The third-order valence-electron chi connectivity index (χ3n) is 3.35. The Morgan fingerprint density at radius 2 is 2.14 bits per heavy atom. The molecule has 0 aromatic carbocycles. The molecule has 3 heterocycles. The molecule has 0 saturated heterocycles. The highest BCUT2D eigenvalue weighted by Crippen LogP contribution is 2.16. The van der Waals surface area contributed by atoms with Gasteiger partial charge in [-0.25, -0.2) is 4.52 Å². The van der Waals surface area contributed by atoms with Crippen LogP contribution in [0.1, 0.15) is 0 Å². The van der Waals surface area contributed by atoms with Crippen molar-refractivity contribution in [2.45, 2.75) is 6.54 Å². The Bertz CT molecular complexity index is 804. The van der Waals surface area contributed by atoms with Crippen molar-refractivity contribution in [3.8, 4) is 11.3 Å². The fourth-order valence-electron chi connectivity index (χ4n) is 2.17. The first-order valence-corrected chi connectivity index (χ1v) is 6.79. The Morgan fingerprint density at radius 3 is 2.86 bits per heavy atom. The summed E-state index contributed by atoms with van der Waals surface area (Å²) < 4.78 is 3.33. The number of aromatic nitrogens is 4. The number of hydrogen-bond donors (Lipinski definition) is 0. The van der Waals surface area contributed by atoms with Crippen LogP contribution in [0.15, 0.2) is 47.8 Å². The van der Waals surface area contributed by atoms with Gasteiger partial charge >= 0.3 is 0 Å². The highest BCUT2D eigenvalue weighted by Gasteiger charge is 2.09. The largest absolute Gasteiger partial charge is 0.311 e. The number of fused-ring (bicyclic) bond motifs is 1. The lowest BCUT2D eigenvalue weighted by Crippen LogP contribution is -2.27. The first-order valence-electron chi connectivity index (χ1n) is 6.79. The van der Waals surface area contributed by atoms with Gasteiger partial charge in [0.1, 0.15) is 5.52 Å². The molecule has 3 aromatic heterocycles. The minimum atomic E-state index is -0.0259. The molecule has 108 valence electrons. The van der Waals surface area contributed by atoms with E-state index in [1.807, 2.05) is 43.4 Å². The van der Waals surface area contributed by atoms with Crippen LogP contribution in [0.25, 0.3) is 16.8 Å². The lowest BCUT2D eigenvalue weighted by atomic mass is 10.2. The van der Waals surface area contributed by atoms with Gasteiger partial charge in [0.2, 0.25) is 0 Å². The van der Waals surface area contributed by atoms with Gasteiger partial charge in [-0.05, 0) is 32.3 Å². The zero-order valence-electron chi connectivity index (χ0n) is 12.1. The first-order chi connectivity index (χ1) is 10.1. The van der Waals surface area contributed by atoms with Crippen LogP contribution in [0, 0.1) is 0 Å². The van der Waals surface area contributed by atoms with Gasteiger partial charge in [-0.15, -0.1) is 0 Å². The fraction of sp³-hybridized carbons (Fsp3) is 0.267. The molecule has 0 N–H and O–H groups in total. The van der Waals surface area contributed by atoms with Crippen LogP contribution in [0.3, 0.4) is 0 Å². The average Bonchev–Trinajstić information content (AvgIpc) is 2.92. The summed E-state index contributed by atoms with van der Waals surface area (Å²) in [5.41, 5.74) is 2.21. The van der Waals surface area contributed by atoms with Crippen molar-refractivity contribution in [3.05, 3.63) is 53.3 Å². The van der Waals surface area contributed by atoms with E-state index in [9.17, 15) is 4.79 Å². The minimum absolute atomic E-state index is 0.0259. The standard InChI is InChI=1S/C15H17N5O/c1-18(2)6-7-19-8-9-20-14(15(19)21)10-13(17-20)12-4-3-5-16-11-12/h3-5,8-11H,6-7H2,1-2H3. The van der Waals surface area contributed by atoms with Gasteiger partial charge in [0.25, 0.3) is 5.56 Å². The van der Waals surface area contributed by atoms with E-state index in [4.69, 9.17) is 0 Å². The van der Waals surface area contributed by atoms with E-state index in [0.29, 0.717) is 12.1 Å². The maximum atomic E-state index is 12.5. The van der Waals surface area contributed by atoms with Gasteiger partial charge in [-0.3, -0.25) is 9.78 Å². The Kier molecular flexibility index (Phi) is 3.53. The molecule has 0 amide bonds. The molecule has 21 heavy (non-hydrogen) atoms. The monoisotopic (exact) mass is 283 g/mol. The summed E-state index contributed by atoms with van der Waals surface area (Å²) in [4.78, 5) is 18.6. The molecule has 6 nitrogen and oxygen atoms in total. The van der Waals surface area contributed by atoms with Crippen molar-refractivity contribution in [2.24, 2.45) is 0 Å². The van der Waals surface area contributed by atoms with Crippen LogP contribution in [-0.4, -0.2) is 44.7 Å². The van der Waals surface area contributed by atoms with Gasteiger partial charge < -0.3 is 9.47 Å². The van der Waals surface area contributed by atoms with Crippen LogP contribution in [0.5, 0.6) is 0 Å². The molecule has 0 fully saturated rings. The predicted molar refractivity (Wildman–Crippen MR) is 81.2 cm³/mol. The maximum absolute atomic E-state index is 12.5. The number of likely N-dealkylation sites (N-methyl/N-ethyl adjacent to an activating group) is 1. The summed E-state index contributed by atoms with van der Waals surface area (Å²) in [5.74, 6) is 0. The maximum Gasteiger partial charge on any atom is 0.276 e. The summed E-state index contributed by atoms with van der Waals surface area (Å²) in [5, 5.41) is 4.43. The van der Waals surface area contributed by atoms with E-state index in [0.717, 1.165) is 17.8 Å². The number of pyridine rings is 1. The lowest BCUT2D eigenvalue weighted by molar-refractivity contribution is 0.381. The fourth-order valence-corrected chi connectivity index (χ4v) is 2.17. The van der Waals surface area contributed by atoms with Crippen LogP contribution < -0.4 is 5.56 Å². The number of rotatable bonds is 4.